The van der Waals surface area contributed by atoms with E-state index in [1.165, 1.54) is 35.5 Å². The van der Waals surface area contributed by atoms with Gasteiger partial charge in [-0.1, -0.05) is 30.3 Å². The lowest BCUT2D eigenvalue weighted by molar-refractivity contribution is -0.151. The van der Waals surface area contributed by atoms with Crippen molar-refractivity contribution in [2.45, 2.75) is 24.1 Å². The predicted molar refractivity (Wildman–Crippen MR) is 99.4 cm³/mol. The Morgan fingerprint density at radius 1 is 1.19 bits per heavy atom. The Balaban J connectivity index is 1.52. The fourth-order valence-corrected chi connectivity index (χ4v) is 4.98. The molecule has 140 valence electrons. The van der Waals surface area contributed by atoms with E-state index < -0.39 is 29.4 Å². The molecular formula is C17H20N2O5S2. The zero-order chi connectivity index (χ0) is 18.5. The monoisotopic (exact) mass is 396 g/mol. The predicted octanol–water partition coefficient (Wildman–Crippen LogP) is 0.835. The number of ether oxygens (including phenoxy) is 2. The molecule has 0 aliphatic carbocycles. The number of nitrogens with zero attached hydrogens (tertiary/aromatic N) is 1. The number of rotatable bonds is 5. The first kappa shape index (κ1) is 19.1. The van der Waals surface area contributed by atoms with Gasteiger partial charge in [0, 0.05) is 11.5 Å². The van der Waals surface area contributed by atoms with Gasteiger partial charge in [-0.25, -0.2) is 9.59 Å². The van der Waals surface area contributed by atoms with Gasteiger partial charge < -0.3 is 14.4 Å². The zero-order valence-electron chi connectivity index (χ0n) is 14.3. The third-order valence-electron chi connectivity index (χ3n) is 4.16. The van der Waals surface area contributed by atoms with Crippen LogP contribution in [0, 0.1) is 0 Å². The summed E-state index contributed by atoms with van der Waals surface area (Å²) < 4.78 is 10.1. The summed E-state index contributed by atoms with van der Waals surface area (Å²) >= 11 is 2.85. The highest BCUT2D eigenvalue weighted by molar-refractivity contribution is 8.00. The van der Waals surface area contributed by atoms with Crippen LogP contribution in [-0.4, -0.2) is 64.7 Å². The van der Waals surface area contributed by atoms with E-state index in [4.69, 9.17) is 9.47 Å². The molecule has 2 heterocycles. The average Bonchev–Trinajstić information content (AvgIpc) is 3.35. The van der Waals surface area contributed by atoms with Crippen molar-refractivity contribution < 1.29 is 23.9 Å². The minimum absolute atomic E-state index is 0.184. The number of hydrogen-bond donors (Lipinski definition) is 1. The molecule has 2 aliphatic rings. The lowest BCUT2D eigenvalue weighted by Crippen LogP contribution is -2.51. The van der Waals surface area contributed by atoms with E-state index in [1.807, 2.05) is 30.3 Å². The maximum Gasteiger partial charge on any atom is 0.333 e. The number of hydrogen-bond acceptors (Lipinski definition) is 8. The van der Waals surface area contributed by atoms with E-state index >= 15 is 0 Å². The van der Waals surface area contributed by atoms with Gasteiger partial charge in [0.15, 0.2) is 5.37 Å². The molecule has 0 radical (unpaired) electrons. The first-order valence-electron chi connectivity index (χ1n) is 8.14. The van der Waals surface area contributed by atoms with Gasteiger partial charge in [-0.2, -0.15) is 0 Å². The highest BCUT2D eigenvalue weighted by atomic mass is 32.2. The highest BCUT2D eigenvalue weighted by Crippen LogP contribution is 2.27. The van der Waals surface area contributed by atoms with Crippen LogP contribution in [0.25, 0.3) is 0 Å². The minimum atomic E-state index is -0.584. The summed E-state index contributed by atoms with van der Waals surface area (Å²) in [7, 11) is 1.32. The molecule has 1 amide bonds. The normalized spacial score (nSPS) is 25.1. The molecule has 0 aromatic heterocycles. The topological polar surface area (TPSA) is 84.9 Å². The van der Waals surface area contributed by atoms with Gasteiger partial charge >= 0.3 is 11.9 Å². The highest BCUT2D eigenvalue weighted by Gasteiger charge is 2.42. The van der Waals surface area contributed by atoms with Crippen LogP contribution in [0.5, 0.6) is 0 Å². The van der Waals surface area contributed by atoms with E-state index in [2.05, 4.69) is 5.32 Å². The lowest BCUT2D eigenvalue weighted by atomic mass is 10.2. The second-order valence-corrected chi connectivity index (χ2v) is 8.01. The largest absolute Gasteiger partial charge is 0.467 e. The molecule has 0 bridgehead atoms. The van der Waals surface area contributed by atoms with Crippen LogP contribution >= 0.6 is 23.5 Å². The Kier molecular flexibility index (Phi) is 6.44. The molecule has 3 atom stereocenters. The average molecular weight is 396 g/mol. The SMILES string of the molecule is COC(=O)[C@@H]1CSCN1C(=O)C1CS[C@H](C(=O)OCc2ccccc2)N1. The summed E-state index contributed by atoms with van der Waals surface area (Å²) in [5.74, 6) is 0.447. The quantitative estimate of drug-likeness (QED) is 0.733. The number of thioether (sulfide) groups is 2. The molecule has 2 saturated heterocycles. The van der Waals surface area contributed by atoms with Crippen molar-refractivity contribution in [2.24, 2.45) is 0 Å². The second-order valence-electron chi connectivity index (χ2n) is 5.87. The lowest BCUT2D eigenvalue weighted by Gasteiger charge is -2.24. The molecule has 1 unspecified atom stereocenters. The molecule has 1 N–H and O–H groups in total. The first-order chi connectivity index (χ1) is 12.6. The first-order valence-corrected chi connectivity index (χ1v) is 10.3. The van der Waals surface area contributed by atoms with Gasteiger partial charge in [-0.3, -0.25) is 10.1 Å². The number of nitrogens with one attached hydrogen (secondary N) is 1. The van der Waals surface area contributed by atoms with Gasteiger partial charge in [-0.15, -0.1) is 23.5 Å². The summed E-state index contributed by atoms with van der Waals surface area (Å²) in [5, 5.41) is 2.43. The van der Waals surface area contributed by atoms with Crippen molar-refractivity contribution in [3.8, 4) is 0 Å². The number of carbonyl (C=O) groups is 3. The summed E-state index contributed by atoms with van der Waals surface area (Å²) in [5.41, 5.74) is 0.909. The van der Waals surface area contributed by atoms with E-state index in [9.17, 15) is 14.4 Å². The molecule has 1 aromatic carbocycles. The number of esters is 2. The third-order valence-corrected chi connectivity index (χ3v) is 6.36. The Bertz CT molecular complexity index is 672. The Hall–Kier alpha value is -1.71. The number of amides is 1. The van der Waals surface area contributed by atoms with E-state index in [0.29, 0.717) is 17.4 Å². The summed E-state index contributed by atoms with van der Waals surface area (Å²) in [6, 6.07) is 8.35. The van der Waals surface area contributed by atoms with E-state index in [-0.39, 0.29) is 12.5 Å². The van der Waals surface area contributed by atoms with Gasteiger partial charge in [0.25, 0.3) is 0 Å². The van der Waals surface area contributed by atoms with Crippen molar-refractivity contribution in [3.63, 3.8) is 0 Å². The molecular weight excluding hydrogens is 376 g/mol. The number of methoxy groups -OCH3 is 1. The molecule has 3 rings (SSSR count). The number of carbonyl (C=O) groups excluding carboxylic acids is 3. The molecule has 2 fully saturated rings. The summed E-state index contributed by atoms with van der Waals surface area (Å²) in [6.45, 7) is 0.199. The van der Waals surface area contributed by atoms with E-state index in [0.717, 1.165) is 5.56 Å². The second kappa shape index (κ2) is 8.79. The van der Waals surface area contributed by atoms with Crippen molar-refractivity contribution in [1.82, 2.24) is 10.2 Å². The summed E-state index contributed by atoms with van der Waals surface area (Å²) in [4.78, 5) is 38.2. The van der Waals surface area contributed by atoms with Crippen LogP contribution in [0.3, 0.4) is 0 Å². The van der Waals surface area contributed by atoms with Gasteiger partial charge in [-0.05, 0) is 5.56 Å². The van der Waals surface area contributed by atoms with Gasteiger partial charge in [0.1, 0.15) is 12.6 Å². The van der Waals surface area contributed by atoms with Crippen LogP contribution in [0.1, 0.15) is 5.56 Å². The number of benzene rings is 1. The molecule has 2 aliphatic heterocycles. The minimum Gasteiger partial charge on any atom is -0.467 e. The fraction of sp³-hybridized carbons (Fsp3) is 0.471. The van der Waals surface area contributed by atoms with Crippen molar-refractivity contribution in [2.75, 3.05) is 24.5 Å². The molecule has 1 aromatic rings. The van der Waals surface area contributed by atoms with Crippen LogP contribution in [0.15, 0.2) is 30.3 Å². The fourth-order valence-electron chi connectivity index (χ4n) is 2.75. The maximum absolute atomic E-state index is 12.7. The molecule has 0 spiro atoms. The summed E-state index contributed by atoms with van der Waals surface area (Å²) in [6.07, 6.45) is 0. The van der Waals surface area contributed by atoms with Crippen LogP contribution < -0.4 is 5.32 Å². The van der Waals surface area contributed by atoms with Crippen LogP contribution in [-0.2, 0) is 30.5 Å². The third kappa shape index (κ3) is 4.33. The maximum atomic E-state index is 12.7. The van der Waals surface area contributed by atoms with Crippen LogP contribution in [0.4, 0.5) is 0 Å². The van der Waals surface area contributed by atoms with Gasteiger partial charge in [0.05, 0.1) is 19.0 Å². The molecule has 0 saturated carbocycles. The van der Waals surface area contributed by atoms with Crippen LogP contribution in [0.2, 0.25) is 0 Å². The molecule has 9 heteroatoms. The zero-order valence-corrected chi connectivity index (χ0v) is 15.9. The smallest absolute Gasteiger partial charge is 0.333 e. The Labute approximate surface area is 160 Å². The Morgan fingerprint density at radius 3 is 2.69 bits per heavy atom. The van der Waals surface area contributed by atoms with Crippen molar-refractivity contribution in [3.05, 3.63) is 35.9 Å². The molecule has 7 nitrogen and oxygen atoms in total. The molecule has 26 heavy (non-hydrogen) atoms. The van der Waals surface area contributed by atoms with Crippen molar-refractivity contribution >= 4 is 41.4 Å². The van der Waals surface area contributed by atoms with E-state index in [1.54, 1.807) is 0 Å². The standard InChI is InChI=1S/C17H20N2O5S2/c1-23-16(21)13-9-25-10-19(13)15(20)12-8-26-14(18-12)17(22)24-7-11-5-3-2-4-6-11/h2-6,12-14,18H,7-10H2,1H3/t12?,13-,14+/m0/s1. The Morgan fingerprint density at radius 2 is 1.96 bits per heavy atom. The van der Waals surface area contributed by atoms with Crippen molar-refractivity contribution in [1.29, 1.82) is 0 Å². The van der Waals surface area contributed by atoms with Gasteiger partial charge in [0.2, 0.25) is 5.91 Å².